The van der Waals surface area contributed by atoms with Crippen LogP contribution in [-0.4, -0.2) is 51.4 Å². The molecule has 7 nitrogen and oxygen atoms in total. The Balaban J connectivity index is 0.00000484. The first-order valence-corrected chi connectivity index (χ1v) is 14.2. The third-order valence-corrected chi connectivity index (χ3v) is 7.11. The molecular weight excluding hydrogens is 643 g/mol. The zero-order valence-corrected chi connectivity index (χ0v) is 27.1. The number of ether oxygens (including phenoxy) is 3. The van der Waals surface area contributed by atoms with Crippen LogP contribution in [0.1, 0.15) is 47.3 Å². The SMILES string of the molecule is COC(=O)c1cc2cc(OCc3ccccc3)ccc2n1CCCCCCOC(=O)Cc1ccc([N+](C)(C)C)cc1.[I-]. The molecule has 224 valence electrons. The van der Waals surface area contributed by atoms with Crippen LogP contribution in [0, 0.1) is 0 Å². The number of aryl methyl sites for hydroxylation is 1. The van der Waals surface area contributed by atoms with Gasteiger partial charge in [0.1, 0.15) is 23.7 Å². The van der Waals surface area contributed by atoms with Gasteiger partial charge in [-0.05, 0) is 66.8 Å². The van der Waals surface area contributed by atoms with Gasteiger partial charge in [-0.3, -0.25) is 9.28 Å². The minimum Gasteiger partial charge on any atom is -1.00 e. The van der Waals surface area contributed by atoms with E-state index < -0.39 is 0 Å². The number of aromatic nitrogens is 1. The van der Waals surface area contributed by atoms with E-state index in [-0.39, 0.29) is 42.3 Å². The lowest BCUT2D eigenvalue weighted by atomic mass is 10.1. The topological polar surface area (TPSA) is 66.8 Å². The number of hydrogen-bond acceptors (Lipinski definition) is 5. The van der Waals surface area contributed by atoms with Crippen LogP contribution in [0.3, 0.4) is 0 Å². The van der Waals surface area contributed by atoms with E-state index in [2.05, 4.69) is 33.3 Å². The molecule has 0 spiro atoms. The summed E-state index contributed by atoms with van der Waals surface area (Å²) in [6.07, 6.45) is 3.89. The monoisotopic (exact) mass is 684 g/mol. The number of esters is 2. The summed E-state index contributed by atoms with van der Waals surface area (Å²) in [7, 11) is 7.74. The van der Waals surface area contributed by atoms with E-state index in [1.165, 1.54) is 12.8 Å². The van der Waals surface area contributed by atoms with Crippen LogP contribution >= 0.6 is 0 Å². The van der Waals surface area contributed by atoms with Gasteiger partial charge in [0.25, 0.3) is 0 Å². The molecule has 0 saturated heterocycles. The fraction of sp³-hybridized carbons (Fsp3) is 0.353. The molecule has 0 N–H and O–H groups in total. The van der Waals surface area contributed by atoms with E-state index in [0.29, 0.717) is 25.5 Å². The predicted molar refractivity (Wildman–Crippen MR) is 163 cm³/mol. The number of halogens is 1. The number of fused-ring (bicyclic) bond motifs is 1. The normalized spacial score (nSPS) is 11.1. The number of benzene rings is 3. The third kappa shape index (κ3) is 9.32. The van der Waals surface area contributed by atoms with Crippen molar-refractivity contribution in [1.82, 2.24) is 9.05 Å². The van der Waals surface area contributed by atoms with Crippen LogP contribution in [0.4, 0.5) is 5.69 Å². The van der Waals surface area contributed by atoms with Crippen LogP contribution in [0.25, 0.3) is 10.9 Å². The highest BCUT2D eigenvalue weighted by Crippen LogP contribution is 2.27. The van der Waals surface area contributed by atoms with Crippen LogP contribution < -0.4 is 33.2 Å². The van der Waals surface area contributed by atoms with Crippen molar-refractivity contribution in [1.29, 1.82) is 0 Å². The fourth-order valence-corrected chi connectivity index (χ4v) is 4.78. The number of rotatable bonds is 14. The molecule has 1 heterocycles. The van der Waals surface area contributed by atoms with Gasteiger partial charge in [0.05, 0.1) is 41.3 Å². The highest BCUT2D eigenvalue weighted by molar-refractivity contribution is 5.96. The lowest BCUT2D eigenvalue weighted by Gasteiger charge is -2.23. The molecule has 1 aromatic heterocycles. The number of hydrogen-bond donors (Lipinski definition) is 0. The molecule has 0 fully saturated rings. The highest BCUT2D eigenvalue weighted by Gasteiger charge is 2.17. The largest absolute Gasteiger partial charge is 1.00 e. The molecule has 0 unspecified atom stereocenters. The standard InChI is InChI=1S/C34H41N2O5.HI/c1-36(2,3)29-16-14-26(15-17-29)22-33(37)40-21-11-6-5-10-20-35-31-19-18-30(41-25-27-12-8-7-9-13-27)23-28(31)24-32(35)34(38)39-4;/h7-9,12-19,23-24H,5-6,10-11,20-22,25H2,1-4H3;1H/q+1;/p-1. The molecule has 0 bridgehead atoms. The Hall–Kier alpha value is -3.37. The molecule has 4 aromatic rings. The first-order chi connectivity index (χ1) is 19.7. The molecule has 0 aliphatic heterocycles. The lowest BCUT2D eigenvalue weighted by molar-refractivity contribution is -0.142. The summed E-state index contributed by atoms with van der Waals surface area (Å²) in [5.74, 6) is 0.203. The van der Waals surface area contributed by atoms with Gasteiger partial charge in [-0.25, -0.2) is 4.79 Å². The van der Waals surface area contributed by atoms with Crippen LogP contribution in [-0.2, 0) is 33.8 Å². The Labute approximate surface area is 266 Å². The van der Waals surface area contributed by atoms with E-state index in [9.17, 15) is 9.59 Å². The number of nitrogens with zero attached hydrogens (tertiary/aromatic N) is 2. The number of carbonyl (C=O) groups excluding carboxylic acids is 2. The van der Waals surface area contributed by atoms with Gasteiger partial charge in [-0.1, -0.05) is 48.9 Å². The average molecular weight is 685 g/mol. The zero-order valence-electron chi connectivity index (χ0n) is 25.0. The zero-order chi connectivity index (χ0) is 29.2. The minimum atomic E-state index is -0.355. The molecule has 0 saturated carbocycles. The fourth-order valence-electron chi connectivity index (χ4n) is 4.78. The van der Waals surface area contributed by atoms with Gasteiger partial charge in [-0.2, -0.15) is 0 Å². The van der Waals surface area contributed by atoms with Crippen molar-refractivity contribution in [2.75, 3.05) is 34.9 Å². The van der Waals surface area contributed by atoms with E-state index in [0.717, 1.165) is 57.9 Å². The second kappa shape index (κ2) is 15.7. The maximum Gasteiger partial charge on any atom is 0.354 e. The number of carbonyl (C=O) groups is 2. The maximum absolute atomic E-state index is 12.5. The number of methoxy groups -OCH3 is 1. The van der Waals surface area contributed by atoms with Gasteiger partial charge < -0.3 is 42.8 Å². The molecule has 0 aliphatic carbocycles. The molecule has 0 amide bonds. The van der Waals surface area contributed by atoms with Gasteiger partial charge in [-0.15, -0.1) is 0 Å². The van der Waals surface area contributed by atoms with Crippen molar-refractivity contribution in [3.8, 4) is 5.75 Å². The Bertz CT molecular complexity index is 1440. The first kappa shape index (κ1) is 33.1. The third-order valence-electron chi connectivity index (χ3n) is 7.11. The summed E-state index contributed by atoms with van der Waals surface area (Å²) >= 11 is 0. The summed E-state index contributed by atoms with van der Waals surface area (Å²) in [6.45, 7) is 1.60. The molecule has 0 radical (unpaired) electrons. The van der Waals surface area contributed by atoms with Crippen molar-refractivity contribution >= 4 is 28.5 Å². The Kier molecular flexibility index (Phi) is 12.4. The molecule has 0 aliphatic rings. The van der Waals surface area contributed by atoms with Crippen LogP contribution in [0.2, 0.25) is 0 Å². The number of quaternary nitrogens is 1. The smallest absolute Gasteiger partial charge is 0.354 e. The predicted octanol–water partition coefficient (Wildman–Crippen LogP) is 3.55. The second-order valence-electron chi connectivity index (χ2n) is 11.2. The molecule has 42 heavy (non-hydrogen) atoms. The van der Waals surface area contributed by atoms with Crippen LogP contribution in [0.15, 0.2) is 78.9 Å². The summed E-state index contributed by atoms with van der Waals surface area (Å²) < 4.78 is 19.2. The van der Waals surface area contributed by atoms with Gasteiger partial charge >= 0.3 is 11.9 Å². The van der Waals surface area contributed by atoms with Crippen molar-refractivity contribution in [2.24, 2.45) is 0 Å². The van der Waals surface area contributed by atoms with Crippen molar-refractivity contribution in [3.63, 3.8) is 0 Å². The van der Waals surface area contributed by atoms with Gasteiger partial charge in [0, 0.05) is 17.4 Å². The quantitative estimate of drug-likeness (QED) is 0.0881. The van der Waals surface area contributed by atoms with Crippen molar-refractivity contribution in [3.05, 3.63) is 95.7 Å². The summed E-state index contributed by atoms with van der Waals surface area (Å²) in [5, 5.41) is 0.940. The van der Waals surface area contributed by atoms with E-state index in [1.54, 1.807) is 0 Å². The van der Waals surface area contributed by atoms with E-state index in [4.69, 9.17) is 14.2 Å². The lowest BCUT2D eigenvalue weighted by Crippen LogP contribution is -3.00. The molecule has 8 heteroatoms. The molecule has 4 rings (SSSR count). The first-order valence-electron chi connectivity index (χ1n) is 14.2. The minimum absolute atomic E-state index is 0. The Morgan fingerprint density at radius 2 is 1.52 bits per heavy atom. The van der Waals surface area contributed by atoms with Crippen LogP contribution in [0.5, 0.6) is 5.75 Å². The molecule has 3 aromatic carbocycles. The van der Waals surface area contributed by atoms with Crippen molar-refractivity contribution < 1.29 is 47.8 Å². The molecule has 0 atom stereocenters. The second-order valence-corrected chi connectivity index (χ2v) is 11.2. The molecular formula is C34H41IN2O5. The summed E-state index contributed by atoms with van der Waals surface area (Å²) in [6, 6.07) is 25.9. The number of unbranched alkanes of at least 4 members (excludes halogenated alkanes) is 3. The average Bonchev–Trinajstić information content (AvgIpc) is 3.33. The summed E-state index contributed by atoms with van der Waals surface area (Å²) in [5.41, 5.74) is 4.75. The van der Waals surface area contributed by atoms with Gasteiger partial charge in [0.2, 0.25) is 0 Å². The summed E-state index contributed by atoms with van der Waals surface area (Å²) in [4.78, 5) is 24.8. The Morgan fingerprint density at radius 3 is 2.21 bits per heavy atom. The van der Waals surface area contributed by atoms with E-state index >= 15 is 0 Å². The Morgan fingerprint density at radius 1 is 0.810 bits per heavy atom. The van der Waals surface area contributed by atoms with E-state index in [1.807, 2.05) is 71.3 Å². The van der Waals surface area contributed by atoms with Gasteiger partial charge in [0.15, 0.2) is 0 Å². The highest BCUT2D eigenvalue weighted by atomic mass is 127. The van der Waals surface area contributed by atoms with Crippen molar-refractivity contribution in [2.45, 2.75) is 45.3 Å². The maximum atomic E-state index is 12.5.